The predicted molar refractivity (Wildman–Crippen MR) is 192 cm³/mol. The van der Waals surface area contributed by atoms with Crippen LogP contribution in [0.4, 0.5) is 11.4 Å². The average Bonchev–Trinajstić information content (AvgIpc) is 3.87. The van der Waals surface area contributed by atoms with Crippen LogP contribution in [0.1, 0.15) is 40.1 Å². The Morgan fingerprint density at radius 1 is 0.961 bits per heavy atom. The number of hydrogen-bond donors (Lipinski definition) is 2. The molecular weight excluding hydrogens is 714 g/mol. The van der Waals surface area contributed by atoms with Gasteiger partial charge in [0.1, 0.15) is 0 Å². The second-order valence-electron chi connectivity index (χ2n) is 13.0. The summed E-state index contributed by atoms with van der Waals surface area (Å²) in [4.78, 5) is 70.8. The van der Waals surface area contributed by atoms with E-state index in [4.69, 9.17) is 25.8 Å². The second kappa shape index (κ2) is 13.2. The van der Waals surface area contributed by atoms with Gasteiger partial charge in [0.25, 0.3) is 5.91 Å². The zero-order valence-corrected chi connectivity index (χ0v) is 29.8. The number of methoxy groups -OCH3 is 1. The quantitative estimate of drug-likeness (QED) is 0.156. The van der Waals surface area contributed by atoms with Gasteiger partial charge in [-0.3, -0.25) is 24.1 Å². The van der Waals surface area contributed by atoms with E-state index in [0.29, 0.717) is 33.5 Å². The van der Waals surface area contributed by atoms with Crippen LogP contribution in [-0.2, 0) is 19.1 Å². The number of ether oxygens (including phenoxy) is 3. The van der Waals surface area contributed by atoms with Gasteiger partial charge < -0.3 is 24.5 Å². The predicted octanol–water partition coefficient (Wildman–Crippen LogP) is 5.97. The Bertz CT molecular complexity index is 2120. The molecule has 2 saturated carbocycles. The highest BCUT2D eigenvalue weighted by Gasteiger charge is 2.69. The monoisotopic (exact) mass is 745 g/mol. The van der Waals surface area contributed by atoms with Crippen molar-refractivity contribution in [2.45, 2.75) is 29.5 Å². The molecule has 7 atom stereocenters. The van der Waals surface area contributed by atoms with Crippen molar-refractivity contribution in [3.8, 4) is 11.5 Å². The molecule has 4 aliphatic rings. The van der Waals surface area contributed by atoms with Gasteiger partial charge in [0.2, 0.25) is 11.8 Å². The molecule has 3 fully saturated rings. The summed E-state index contributed by atoms with van der Waals surface area (Å²) >= 11 is 8.72. The minimum absolute atomic E-state index is 0.000347. The standard InChI is InChI=1S/C37H32ClN3O8S2/c1-3-48-36(45)17-4-11-21(12-5-17)41-34(43)29-22-15-23(30(29)35(41)44)31-28(22)27(32-33(50-31)40-37(46)51-32)18-6-13-24(25(14-18)47-2)49-16-26(42)39-20-9-7-19(38)8-10-20/h4-14,22-23,27-31H,3,15-16H2,1-2H3,(H,39,42)(H,40,46)/t22-,23-,27+,28-,29+,30+,31-/m1/s1. The van der Waals surface area contributed by atoms with Gasteiger partial charge in [-0.1, -0.05) is 29.0 Å². The highest BCUT2D eigenvalue weighted by Crippen LogP contribution is 2.68. The Hall–Kier alpha value is -4.59. The van der Waals surface area contributed by atoms with Crippen molar-refractivity contribution in [1.82, 2.24) is 4.98 Å². The number of H-pyrrole nitrogens is 1. The highest BCUT2D eigenvalue weighted by molar-refractivity contribution is 8.00. The summed E-state index contributed by atoms with van der Waals surface area (Å²) in [5, 5.41) is 4.13. The SMILES string of the molecule is CCOC(=O)c1ccc(N2C(=O)[C@H]3[C@H]4C[C@@H]([C@@H]3C2=O)[C@@H]2[C@H](c3ccc(OCC(=O)Nc5ccc(Cl)cc5)c(OC)c3)c3sc(=O)[nH]c3S[C@H]42)cc1. The molecule has 262 valence electrons. The van der Waals surface area contributed by atoms with Crippen LogP contribution in [0.15, 0.2) is 76.6 Å². The number of imide groups is 1. The maximum atomic E-state index is 14.2. The van der Waals surface area contributed by atoms with Crippen LogP contribution in [0.3, 0.4) is 0 Å². The number of benzene rings is 3. The number of carbonyl (C=O) groups excluding carboxylic acids is 4. The van der Waals surface area contributed by atoms with Crippen molar-refractivity contribution in [3.63, 3.8) is 0 Å². The van der Waals surface area contributed by atoms with Crippen LogP contribution in [0, 0.1) is 29.6 Å². The molecular formula is C37H32ClN3O8S2. The number of esters is 1. The molecule has 2 aliphatic heterocycles. The Morgan fingerprint density at radius 2 is 1.69 bits per heavy atom. The third-order valence-electron chi connectivity index (χ3n) is 10.4. The molecule has 3 aromatic carbocycles. The van der Waals surface area contributed by atoms with E-state index in [9.17, 15) is 24.0 Å². The molecule has 3 amide bonds. The van der Waals surface area contributed by atoms with E-state index >= 15 is 0 Å². The van der Waals surface area contributed by atoms with Gasteiger partial charge in [-0.25, -0.2) is 4.79 Å². The van der Waals surface area contributed by atoms with Crippen LogP contribution in [0.25, 0.3) is 0 Å². The molecule has 0 spiro atoms. The number of aromatic amines is 1. The number of aromatic nitrogens is 1. The number of fused-ring (bicyclic) bond motifs is 9. The van der Waals surface area contributed by atoms with Gasteiger partial charge in [0.15, 0.2) is 18.1 Å². The first kappa shape index (κ1) is 33.5. The summed E-state index contributed by atoms with van der Waals surface area (Å²) in [6.07, 6.45) is 0.738. The lowest BCUT2D eigenvalue weighted by Gasteiger charge is -2.43. The maximum absolute atomic E-state index is 14.2. The number of nitrogens with one attached hydrogen (secondary N) is 2. The van der Waals surface area contributed by atoms with Crippen molar-refractivity contribution >= 4 is 69.8 Å². The molecule has 3 heterocycles. The molecule has 51 heavy (non-hydrogen) atoms. The van der Waals surface area contributed by atoms with Crippen LogP contribution in [-0.4, -0.2) is 54.2 Å². The third-order valence-corrected chi connectivity index (χ3v) is 13.2. The van der Waals surface area contributed by atoms with Crippen molar-refractivity contribution in [3.05, 3.63) is 97.4 Å². The maximum Gasteiger partial charge on any atom is 0.338 e. The van der Waals surface area contributed by atoms with E-state index in [1.807, 2.05) is 12.1 Å². The Balaban J connectivity index is 1.07. The fourth-order valence-electron chi connectivity index (χ4n) is 8.48. The number of thiazole rings is 1. The van der Waals surface area contributed by atoms with E-state index in [1.165, 1.54) is 23.3 Å². The number of anilines is 2. The van der Waals surface area contributed by atoms with Gasteiger partial charge in [0.05, 0.1) is 41.8 Å². The summed E-state index contributed by atoms with van der Waals surface area (Å²) in [5.41, 5.74) is 2.26. The van der Waals surface area contributed by atoms with Gasteiger partial charge in [-0.2, -0.15) is 0 Å². The van der Waals surface area contributed by atoms with Crippen LogP contribution in [0.5, 0.6) is 11.5 Å². The fourth-order valence-corrected chi connectivity index (χ4v) is 11.5. The minimum atomic E-state index is -0.488. The normalized spacial score (nSPS) is 25.6. The van der Waals surface area contributed by atoms with Gasteiger partial charge >= 0.3 is 10.8 Å². The smallest absolute Gasteiger partial charge is 0.338 e. The van der Waals surface area contributed by atoms with Crippen molar-refractivity contribution in [2.24, 2.45) is 29.6 Å². The summed E-state index contributed by atoms with van der Waals surface area (Å²) < 4.78 is 16.7. The molecule has 2 aliphatic carbocycles. The topological polar surface area (TPSA) is 144 Å². The molecule has 8 rings (SSSR count). The summed E-state index contributed by atoms with van der Waals surface area (Å²) in [5.74, 6) is -1.81. The molecule has 0 radical (unpaired) electrons. The van der Waals surface area contributed by atoms with E-state index in [-0.39, 0.29) is 64.7 Å². The van der Waals surface area contributed by atoms with E-state index in [0.717, 1.165) is 21.9 Å². The highest BCUT2D eigenvalue weighted by atomic mass is 35.5. The molecule has 14 heteroatoms. The Morgan fingerprint density at radius 3 is 2.39 bits per heavy atom. The molecule has 11 nitrogen and oxygen atoms in total. The Kier molecular flexibility index (Phi) is 8.67. The van der Waals surface area contributed by atoms with Crippen molar-refractivity contribution < 1.29 is 33.4 Å². The van der Waals surface area contributed by atoms with Crippen LogP contribution in [0.2, 0.25) is 5.02 Å². The number of rotatable bonds is 9. The number of carbonyl (C=O) groups is 4. The Labute approximate surface area is 305 Å². The molecule has 2 N–H and O–H groups in total. The summed E-state index contributed by atoms with van der Waals surface area (Å²) in [6.45, 7) is 1.72. The zero-order valence-electron chi connectivity index (χ0n) is 27.4. The summed E-state index contributed by atoms with van der Waals surface area (Å²) in [6, 6.07) is 18.7. The van der Waals surface area contributed by atoms with Crippen LogP contribution < -0.4 is 24.6 Å². The first-order valence-electron chi connectivity index (χ1n) is 16.6. The lowest BCUT2D eigenvalue weighted by atomic mass is 9.68. The van der Waals surface area contributed by atoms with E-state index in [1.54, 1.807) is 73.3 Å². The molecule has 0 unspecified atom stereocenters. The second-order valence-corrected chi connectivity index (χ2v) is 15.6. The number of nitrogens with zero attached hydrogens (tertiary/aromatic N) is 1. The van der Waals surface area contributed by atoms with Gasteiger partial charge in [0, 0.05) is 26.8 Å². The average molecular weight is 746 g/mol. The number of amides is 3. The molecule has 2 bridgehead atoms. The van der Waals surface area contributed by atoms with Crippen molar-refractivity contribution in [1.29, 1.82) is 0 Å². The first-order chi connectivity index (χ1) is 24.7. The molecule has 4 aromatic rings. The van der Waals surface area contributed by atoms with Gasteiger partial charge in [-0.15, -0.1) is 11.8 Å². The number of thioether (sulfide) groups is 1. The van der Waals surface area contributed by atoms with E-state index in [2.05, 4.69) is 10.3 Å². The number of hydrogen-bond acceptors (Lipinski definition) is 10. The van der Waals surface area contributed by atoms with Gasteiger partial charge in [-0.05, 0) is 97.3 Å². The fraction of sp³-hybridized carbons (Fsp3) is 0.324. The molecule has 1 aromatic heterocycles. The summed E-state index contributed by atoms with van der Waals surface area (Å²) in [7, 11) is 1.53. The number of halogens is 1. The molecule has 1 saturated heterocycles. The van der Waals surface area contributed by atoms with E-state index < -0.39 is 17.8 Å². The van der Waals surface area contributed by atoms with Crippen molar-refractivity contribution in [2.75, 3.05) is 30.5 Å². The minimum Gasteiger partial charge on any atom is -0.493 e. The third kappa shape index (κ3) is 5.71. The van der Waals surface area contributed by atoms with Crippen LogP contribution >= 0.6 is 34.7 Å². The largest absolute Gasteiger partial charge is 0.493 e. The lowest BCUT2D eigenvalue weighted by molar-refractivity contribution is -0.123. The first-order valence-corrected chi connectivity index (χ1v) is 18.6. The zero-order chi connectivity index (χ0) is 35.6. The lowest BCUT2D eigenvalue weighted by Crippen LogP contribution is -2.42.